The highest BCUT2D eigenvalue weighted by atomic mass is 32.1. The predicted molar refractivity (Wildman–Crippen MR) is 109 cm³/mol. The van der Waals surface area contributed by atoms with Gasteiger partial charge in [0.25, 0.3) is 0 Å². The highest BCUT2D eigenvalue weighted by Gasteiger charge is 2.25. The summed E-state index contributed by atoms with van der Waals surface area (Å²) in [6.07, 6.45) is 5.03. The Morgan fingerprint density at radius 3 is 2.67 bits per heavy atom. The molecule has 0 spiro atoms. The van der Waals surface area contributed by atoms with Crippen molar-refractivity contribution in [3.63, 3.8) is 0 Å². The average molecular weight is 382 g/mol. The topological polar surface area (TPSA) is 55.3 Å². The van der Waals surface area contributed by atoms with Gasteiger partial charge in [-0.2, -0.15) is 0 Å². The lowest BCUT2D eigenvalue weighted by Crippen LogP contribution is -2.35. The molecule has 0 amide bonds. The number of hydrogen-bond donors (Lipinski definition) is 0. The lowest BCUT2D eigenvalue weighted by Gasteiger charge is -2.33. The van der Waals surface area contributed by atoms with Gasteiger partial charge in [0.15, 0.2) is 0 Å². The smallest absolute Gasteiger partial charge is 0.348 e. The third kappa shape index (κ3) is 3.54. The van der Waals surface area contributed by atoms with Crippen LogP contribution in [0.15, 0.2) is 36.7 Å². The maximum Gasteiger partial charge on any atom is 0.348 e. The van der Waals surface area contributed by atoms with Crippen LogP contribution in [0, 0.1) is 12.8 Å². The van der Waals surface area contributed by atoms with Crippen LogP contribution in [0.5, 0.6) is 0 Å². The number of rotatable bonds is 4. The Kier molecular flexibility index (Phi) is 5.07. The van der Waals surface area contributed by atoms with Gasteiger partial charge in [0.05, 0.1) is 12.5 Å². The number of anilines is 1. The van der Waals surface area contributed by atoms with Gasteiger partial charge in [0.1, 0.15) is 21.9 Å². The van der Waals surface area contributed by atoms with Gasteiger partial charge in [-0.1, -0.05) is 30.3 Å². The zero-order chi connectivity index (χ0) is 18.8. The van der Waals surface area contributed by atoms with Gasteiger partial charge in [0.2, 0.25) is 0 Å². The molecular weight excluding hydrogens is 358 g/mol. The summed E-state index contributed by atoms with van der Waals surface area (Å²) in [6, 6.07) is 10.7. The van der Waals surface area contributed by atoms with Crippen LogP contribution in [0.2, 0.25) is 0 Å². The number of nitrogens with zero attached hydrogens (tertiary/aromatic N) is 3. The maximum atomic E-state index is 12.0. The van der Waals surface area contributed by atoms with Crippen LogP contribution >= 0.6 is 11.3 Å². The summed E-state index contributed by atoms with van der Waals surface area (Å²) in [4.78, 5) is 24.8. The Morgan fingerprint density at radius 1 is 1.22 bits per heavy atom. The molecule has 2 aromatic heterocycles. The number of esters is 1. The van der Waals surface area contributed by atoms with Crippen molar-refractivity contribution < 1.29 is 9.53 Å². The molecule has 4 rings (SSSR count). The molecule has 1 aromatic carbocycles. The first-order valence-electron chi connectivity index (χ1n) is 9.28. The predicted octanol–water partition coefficient (Wildman–Crippen LogP) is 4.25. The number of aromatic nitrogens is 2. The van der Waals surface area contributed by atoms with Gasteiger partial charge < -0.3 is 9.64 Å². The van der Waals surface area contributed by atoms with Gasteiger partial charge >= 0.3 is 5.97 Å². The Hall–Kier alpha value is -2.47. The van der Waals surface area contributed by atoms with Crippen LogP contribution in [-0.4, -0.2) is 36.1 Å². The van der Waals surface area contributed by atoms with Gasteiger partial charge in [0, 0.05) is 13.1 Å². The van der Waals surface area contributed by atoms with E-state index in [1.165, 1.54) is 24.0 Å². The molecule has 3 heterocycles. The van der Waals surface area contributed by atoms with E-state index in [9.17, 15) is 4.79 Å². The Balaban J connectivity index is 1.54. The van der Waals surface area contributed by atoms with E-state index in [1.54, 1.807) is 6.33 Å². The molecule has 0 radical (unpaired) electrons. The SMILES string of the molecule is COC(=O)c1sc2ncnc(N3CCC(Cc4ccccc4)CC3)c2c1C. The molecule has 1 fully saturated rings. The van der Waals surface area contributed by atoms with Gasteiger partial charge in [-0.25, -0.2) is 14.8 Å². The normalized spacial score (nSPS) is 15.3. The average Bonchev–Trinajstić information content (AvgIpc) is 3.06. The zero-order valence-corrected chi connectivity index (χ0v) is 16.5. The summed E-state index contributed by atoms with van der Waals surface area (Å²) in [5, 5.41) is 0.990. The van der Waals surface area contributed by atoms with Crippen molar-refractivity contribution in [1.82, 2.24) is 9.97 Å². The number of ether oxygens (including phenoxy) is 1. The second-order valence-corrected chi connectivity index (χ2v) is 8.04. The van der Waals surface area contributed by atoms with Crippen molar-refractivity contribution >= 4 is 33.3 Å². The Morgan fingerprint density at radius 2 is 1.96 bits per heavy atom. The largest absolute Gasteiger partial charge is 0.465 e. The molecule has 0 bridgehead atoms. The number of carbonyl (C=O) groups excluding carboxylic acids is 1. The summed E-state index contributed by atoms with van der Waals surface area (Å²) in [6.45, 7) is 3.92. The number of hydrogen-bond acceptors (Lipinski definition) is 6. The minimum Gasteiger partial charge on any atom is -0.465 e. The fraction of sp³-hybridized carbons (Fsp3) is 0.381. The van der Waals surface area contributed by atoms with Crippen molar-refractivity contribution in [2.24, 2.45) is 5.92 Å². The van der Waals surface area contributed by atoms with Crippen molar-refractivity contribution in [1.29, 1.82) is 0 Å². The molecule has 27 heavy (non-hydrogen) atoms. The molecule has 1 saturated heterocycles. The summed E-state index contributed by atoms with van der Waals surface area (Å²) in [5.74, 6) is 1.35. The molecule has 0 aliphatic carbocycles. The number of aryl methyl sites for hydroxylation is 1. The summed E-state index contributed by atoms with van der Waals surface area (Å²) in [7, 11) is 1.41. The quantitative estimate of drug-likeness (QED) is 0.633. The van der Waals surface area contributed by atoms with Crippen LogP contribution in [0.1, 0.15) is 33.6 Å². The Bertz CT molecular complexity index is 947. The first kappa shape index (κ1) is 17.9. The van der Waals surface area contributed by atoms with Crippen molar-refractivity contribution in [3.8, 4) is 0 Å². The first-order valence-corrected chi connectivity index (χ1v) is 10.1. The second-order valence-electron chi connectivity index (χ2n) is 7.05. The maximum absolute atomic E-state index is 12.0. The third-order valence-corrected chi connectivity index (χ3v) is 6.54. The number of thiophene rings is 1. The van der Waals surface area contributed by atoms with Gasteiger partial charge in [-0.3, -0.25) is 0 Å². The summed E-state index contributed by atoms with van der Waals surface area (Å²) >= 11 is 1.38. The van der Waals surface area contributed by atoms with E-state index in [0.717, 1.165) is 53.9 Å². The van der Waals surface area contributed by atoms with Crippen molar-refractivity contribution in [2.45, 2.75) is 26.2 Å². The minimum atomic E-state index is -0.303. The number of methoxy groups -OCH3 is 1. The van der Waals surface area contributed by atoms with E-state index >= 15 is 0 Å². The van der Waals surface area contributed by atoms with Crippen LogP contribution in [0.4, 0.5) is 5.82 Å². The summed E-state index contributed by atoms with van der Waals surface area (Å²) in [5.41, 5.74) is 2.33. The molecule has 3 aromatic rings. The standard InChI is InChI=1S/C21H23N3O2S/c1-14-17-19(22-13-23-20(17)27-18(14)21(25)26-2)24-10-8-16(9-11-24)12-15-6-4-3-5-7-15/h3-7,13,16H,8-12H2,1-2H3. The highest BCUT2D eigenvalue weighted by Crippen LogP contribution is 2.36. The lowest BCUT2D eigenvalue weighted by molar-refractivity contribution is 0.0605. The van der Waals surface area contributed by atoms with Gasteiger partial charge in [-0.15, -0.1) is 11.3 Å². The molecule has 1 aliphatic rings. The molecular formula is C21H23N3O2S. The van der Waals surface area contributed by atoms with Crippen LogP contribution in [0.25, 0.3) is 10.2 Å². The van der Waals surface area contributed by atoms with Crippen LogP contribution < -0.4 is 4.90 Å². The number of carbonyl (C=O) groups is 1. The summed E-state index contributed by atoms with van der Waals surface area (Å²) < 4.78 is 4.91. The monoisotopic (exact) mass is 381 g/mol. The van der Waals surface area contributed by atoms with Crippen molar-refractivity contribution in [2.75, 3.05) is 25.1 Å². The van der Waals surface area contributed by atoms with Gasteiger partial charge in [-0.05, 0) is 43.2 Å². The van der Waals surface area contributed by atoms with E-state index in [2.05, 4.69) is 45.2 Å². The fourth-order valence-electron chi connectivity index (χ4n) is 3.88. The zero-order valence-electron chi connectivity index (χ0n) is 15.6. The molecule has 0 saturated carbocycles. The first-order chi connectivity index (χ1) is 13.2. The van der Waals surface area contributed by atoms with E-state index in [-0.39, 0.29) is 5.97 Å². The Labute approximate surface area is 163 Å². The molecule has 1 aliphatic heterocycles. The van der Waals surface area contributed by atoms with E-state index in [0.29, 0.717) is 10.8 Å². The molecule has 0 atom stereocenters. The highest BCUT2D eigenvalue weighted by molar-refractivity contribution is 7.20. The molecule has 5 nitrogen and oxygen atoms in total. The number of benzene rings is 1. The van der Waals surface area contributed by atoms with Crippen LogP contribution in [0.3, 0.4) is 0 Å². The lowest BCUT2D eigenvalue weighted by atomic mass is 9.90. The third-order valence-electron chi connectivity index (χ3n) is 5.36. The van der Waals surface area contributed by atoms with Crippen LogP contribution in [-0.2, 0) is 11.2 Å². The fourth-order valence-corrected chi connectivity index (χ4v) is 4.94. The molecule has 140 valence electrons. The van der Waals surface area contributed by atoms with E-state index < -0.39 is 0 Å². The minimum absolute atomic E-state index is 0.303. The second kappa shape index (κ2) is 7.64. The van der Waals surface area contributed by atoms with E-state index in [4.69, 9.17) is 4.74 Å². The molecule has 0 N–H and O–H groups in total. The molecule has 6 heteroatoms. The number of piperidine rings is 1. The number of fused-ring (bicyclic) bond motifs is 1. The molecule has 0 unspecified atom stereocenters. The van der Waals surface area contributed by atoms with Crippen molar-refractivity contribution in [3.05, 3.63) is 52.7 Å². The van der Waals surface area contributed by atoms with E-state index in [1.807, 2.05) is 6.92 Å².